The van der Waals surface area contributed by atoms with Gasteiger partial charge >= 0.3 is 12.1 Å². The summed E-state index contributed by atoms with van der Waals surface area (Å²) in [5.74, 6) is -0.632. The molecule has 1 rings (SSSR count). The highest BCUT2D eigenvalue weighted by Crippen LogP contribution is 2.41. The average Bonchev–Trinajstić information content (AvgIpc) is 2.08. The Kier molecular flexibility index (Phi) is 5.42. The van der Waals surface area contributed by atoms with E-state index in [9.17, 15) is 14.7 Å². The molecule has 5 heteroatoms. The van der Waals surface area contributed by atoms with E-state index in [2.05, 4.69) is 5.32 Å². The van der Waals surface area contributed by atoms with Gasteiger partial charge in [0, 0.05) is 0 Å². The molecule has 20 heavy (non-hydrogen) atoms. The summed E-state index contributed by atoms with van der Waals surface area (Å²) < 4.78 is 5.30. The highest BCUT2D eigenvalue weighted by molar-refractivity contribution is 5.73. The molecule has 0 spiro atoms. The van der Waals surface area contributed by atoms with Gasteiger partial charge in [0.05, 0.1) is 12.0 Å². The van der Waals surface area contributed by atoms with Gasteiger partial charge < -0.3 is 15.2 Å². The highest BCUT2D eigenvalue weighted by Gasteiger charge is 2.44. The number of aliphatic carboxylic acids is 1. The molecular formula is C15H27NO4. The minimum Gasteiger partial charge on any atom is -0.481 e. The lowest BCUT2D eigenvalue weighted by Gasteiger charge is -2.45. The molecule has 0 saturated heterocycles. The molecule has 0 aromatic rings. The van der Waals surface area contributed by atoms with Crippen molar-refractivity contribution in [1.82, 2.24) is 5.32 Å². The van der Waals surface area contributed by atoms with E-state index in [1.807, 2.05) is 6.92 Å². The molecule has 1 atom stereocenters. The van der Waals surface area contributed by atoms with Crippen LogP contribution in [-0.4, -0.2) is 28.3 Å². The van der Waals surface area contributed by atoms with Crippen LogP contribution in [0.25, 0.3) is 0 Å². The number of rotatable bonds is 6. The fourth-order valence-electron chi connectivity index (χ4n) is 2.83. The Bertz CT molecular complexity index is 357. The summed E-state index contributed by atoms with van der Waals surface area (Å²) in [5, 5.41) is 12.1. The smallest absolute Gasteiger partial charge is 0.408 e. The summed E-state index contributed by atoms with van der Waals surface area (Å²) in [7, 11) is 0. The van der Waals surface area contributed by atoms with Crippen molar-refractivity contribution in [3.8, 4) is 0 Å². The lowest BCUT2D eigenvalue weighted by Crippen LogP contribution is -2.57. The van der Waals surface area contributed by atoms with Crippen LogP contribution in [0.3, 0.4) is 0 Å². The maximum Gasteiger partial charge on any atom is 0.408 e. The van der Waals surface area contributed by atoms with Crippen LogP contribution in [0.5, 0.6) is 0 Å². The van der Waals surface area contributed by atoms with Crippen molar-refractivity contribution in [1.29, 1.82) is 0 Å². The number of ether oxygens (including phenoxy) is 1. The number of alkyl carbamates (subject to hydrolysis) is 1. The summed E-state index contributed by atoms with van der Waals surface area (Å²) in [6.07, 6.45) is 4.00. The van der Waals surface area contributed by atoms with Crippen molar-refractivity contribution >= 4 is 12.1 Å². The maximum absolute atomic E-state index is 12.0. The summed E-state index contributed by atoms with van der Waals surface area (Å²) in [6, 6.07) is 0. The number of amides is 1. The zero-order valence-electron chi connectivity index (χ0n) is 13.0. The van der Waals surface area contributed by atoms with Crippen LogP contribution >= 0.6 is 0 Å². The molecule has 1 amide bonds. The summed E-state index contributed by atoms with van der Waals surface area (Å²) >= 11 is 0. The predicted molar refractivity (Wildman–Crippen MR) is 76.6 cm³/mol. The fourth-order valence-corrected chi connectivity index (χ4v) is 2.83. The molecule has 116 valence electrons. The van der Waals surface area contributed by atoms with Crippen molar-refractivity contribution in [3.05, 3.63) is 0 Å². The topological polar surface area (TPSA) is 75.6 Å². The van der Waals surface area contributed by atoms with Crippen LogP contribution in [0.2, 0.25) is 0 Å². The third-order valence-corrected chi connectivity index (χ3v) is 3.80. The van der Waals surface area contributed by atoms with Crippen LogP contribution < -0.4 is 5.32 Å². The predicted octanol–water partition coefficient (Wildman–Crippen LogP) is 3.32. The fraction of sp³-hybridized carbons (Fsp3) is 0.867. The number of carboxylic acid groups (broad SMARTS) is 1. The van der Waals surface area contributed by atoms with Crippen molar-refractivity contribution in [2.45, 2.75) is 77.4 Å². The van der Waals surface area contributed by atoms with Gasteiger partial charge in [-0.15, -0.1) is 0 Å². The van der Waals surface area contributed by atoms with Crippen molar-refractivity contribution in [2.24, 2.45) is 5.92 Å². The van der Waals surface area contributed by atoms with Gasteiger partial charge in [0.15, 0.2) is 0 Å². The van der Waals surface area contributed by atoms with Crippen LogP contribution in [-0.2, 0) is 9.53 Å². The molecule has 5 nitrogen and oxygen atoms in total. The van der Waals surface area contributed by atoms with E-state index in [4.69, 9.17) is 4.74 Å². The van der Waals surface area contributed by atoms with E-state index < -0.39 is 23.2 Å². The van der Waals surface area contributed by atoms with E-state index in [-0.39, 0.29) is 12.3 Å². The molecule has 1 fully saturated rings. The minimum atomic E-state index is -0.874. The highest BCUT2D eigenvalue weighted by atomic mass is 16.6. The molecule has 0 aromatic heterocycles. The van der Waals surface area contributed by atoms with Crippen molar-refractivity contribution < 1.29 is 19.4 Å². The standard InChI is InChI=1S/C15H27NO4/c1-5-9-15(10-12(17)18,11-7-6-8-11)16-13(19)20-14(2,3)4/h11H,5-10H2,1-4H3,(H,16,19)(H,17,18). The molecule has 0 heterocycles. The molecule has 0 radical (unpaired) electrons. The first-order valence-electron chi connectivity index (χ1n) is 7.41. The lowest BCUT2D eigenvalue weighted by atomic mass is 9.67. The zero-order valence-corrected chi connectivity index (χ0v) is 13.0. The van der Waals surface area contributed by atoms with E-state index in [0.29, 0.717) is 6.42 Å². The first kappa shape index (κ1) is 16.8. The van der Waals surface area contributed by atoms with Crippen LogP contribution in [0.1, 0.15) is 66.2 Å². The molecule has 0 aliphatic heterocycles. The van der Waals surface area contributed by atoms with E-state index in [0.717, 1.165) is 25.7 Å². The first-order chi connectivity index (χ1) is 9.18. The lowest BCUT2D eigenvalue weighted by molar-refractivity contribution is -0.140. The Morgan fingerprint density at radius 2 is 1.90 bits per heavy atom. The number of hydrogen-bond acceptors (Lipinski definition) is 3. The molecule has 1 saturated carbocycles. The second kappa shape index (κ2) is 6.46. The van der Waals surface area contributed by atoms with Gasteiger partial charge in [-0.3, -0.25) is 4.79 Å². The van der Waals surface area contributed by atoms with Gasteiger partial charge in [-0.05, 0) is 46.0 Å². The first-order valence-corrected chi connectivity index (χ1v) is 7.41. The third-order valence-electron chi connectivity index (χ3n) is 3.80. The van der Waals surface area contributed by atoms with E-state index in [1.54, 1.807) is 20.8 Å². The third kappa shape index (κ3) is 4.69. The van der Waals surface area contributed by atoms with Gasteiger partial charge in [-0.2, -0.15) is 0 Å². The number of carboxylic acids is 1. The number of carbonyl (C=O) groups is 2. The summed E-state index contributed by atoms with van der Waals surface area (Å²) in [6.45, 7) is 7.41. The number of nitrogens with one attached hydrogen (secondary N) is 1. The van der Waals surface area contributed by atoms with Gasteiger partial charge in [0.1, 0.15) is 5.60 Å². The van der Waals surface area contributed by atoms with Gasteiger partial charge in [-0.1, -0.05) is 19.8 Å². The Balaban J connectivity index is 2.84. The summed E-state index contributed by atoms with van der Waals surface area (Å²) in [5.41, 5.74) is -1.24. The summed E-state index contributed by atoms with van der Waals surface area (Å²) in [4.78, 5) is 23.3. The quantitative estimate of drug-likeness (QED) is 0.785. The largest absolute Gasteiger partial charge is 0.481 e. The Morgan fingerprint density at radius 3 is 2.25 bits per heavy atom. The SMILES string of the molecule is CCCC(CC(=O)O)(NC(=O)OC(C)(C)C)C1CCC1. The minimum absolute atomic E-state index is 0.0370. The molecule has 1 aliphatic carbocycles. The molecule has 1 unspecified atom stereocenters. The number of carbonyl (C=O) groups excluding carboxylic acids is 1. The second-order valence-electron chi connectivity index (χ2n) is 6.73. The van der Waals surface area contributed by atoms with Crippen LogP contribution in [0.4, 0.5) is 4.79 Å². The normalized spacial score (nSPS) is 18.8. The van der Waals surface area contributed by atoms with E-state index >= 15 is 0 Å². The van der Waals surface area contributed by atoms with Gasteiger partial charge in [0.2, 0.25) is 0 Å². The molecule has 0 bridgehead atoms. The van der Waals surface area contributed by atoms with Crippen LogP contribution in [0.15, 0.2) is 0 Å². The van der Waals surface area contributed by atoms with Crippen molar-refractivity contribution in [3.63, 3.8) is 0 Å². The molecule has 2 N–H and O–H groups in total. The number of hydrogen-bond donors (Lipinski definition) is 2. The van der Waals surface area contributed by atoms with E-state index in [1.165, 1.54) is 0 Å². The second-order valence-corrected chi connectivity index (χ2v) is 6.73. The Hall–Kier alpha value is -1.26. The Morgan fingerprint density at radius 1 is 1.30 bits per heavy atom. The maximum atomic E-state index is 12.0. The van der Waals surface area contributed by atoms with Gasteiger partial charge in [0.25, 0.3) is 0 Å². The molecular weight excluding hydrogens is 258 g/mol. The van der Waals surface area contributed by atoms with Gasteiger partial charge in [-0.25, -0.2) is 4.79 Å². The monoisotopic (exact) mass is 285 g/mol. The van der Waals surface area contributed by atoms with Crippen molar-refractivity contribution in [2.75, 3.05) is 0 Å². The zero-order chi connectivity index (χ0) is 15.4. The average molecular weight is 285 g/mol. The van der Waals surface area contributed by atoms with Crippen LogP contribution in [0, 0.1) is 5.92 Å². The molecule has 0 aromatic carbocycles. The Labute approximate surface area is 121 Å². The molecule has 1 aliphatic rings.